The van der Waals surface area contributed by atoms with E-state index in [1.807, 2.05) is 26.0 Å². The molecule has 1 N–H and O–H groups in total. The molecule has 1 aromatic rings. The maximum atomic E-state index is 10.8. The van der Waals surface area contributed by atoms with Crippen molar-refractivity contribution in [2.45, 2.75) is 26.2 Å². The van der Waals surface area contributed by atoms with Crippen LogP contribution in [0.3, 0.4) is 0 Å². The Hall–Kier alpha value is -1.38. The zero-order valence-corrected chi connectivity index (χ0v) is 7.82. The van der Waals surface area contributed by atoms with Crippen molar-refractivity contribution in [2.75, 3.05) is 0 Å². The van der Waals surface area contributed by atoms with E-state index in [0.29, 0.717) is 12.1 Å². The normalized spacial score (nSPS) is 12.5. The molecule has 0 aromatic carbocycles. The summed E-state index contributed by atoms with van der Waals surface area (Å²) in [5.41, 5.74) is 1.62. The van der Waals surface area contributed by atoms with Crippen molar-refractivity contribution in [3.05, 3.63) is 29.6 Å². The second-order valence-electron chi connectivity index (χ2n) is 3.00. The third kappa shape index (κ3) is 2.05. The number of carboxylic acids is 1. The second-order valence-corrected chi connectivity index (χ2v) is 3.00. The molecule has 0 radical (unpaired) electrons. The lowest BCUT2D eigenvalue weighted by atomic mass is 9.98. The number of carbonyl (C=O) groups is 1. The van der Waals surface area contributed by atoms with Gasteiger partial charge in [0.05, 0.1) is 11.6 Å². The highest BCUT2D eigenvalue weighted by molar-refractivity contribution is 5.75. The smallest absolute Gasteiger partial charge is 0.312 e. The first-order valence-corrected chi connectivity index (χ1v) is 4.31. The van der Waals surface area contributed by atoms with Gasteiger partial charge >= 0.3 is 5.97 Å². The van der Waals surface area contributed by atoms with Crippen LogP contribution in [-0.2, 0) is 4.79 Å². The third-order valence-electron chi connectivity index (χ3n) is 2.09. The predicted molar refractivity (Wildman–Crippen MR) is 49.6 cm³/mol. The second kappa shape index (κ2) is 4.03. The number of aryl methyl sites for hydroxylation is 1. The number of hydrogen-bond acceptors (Lipinski definition) is 2. The Bertz CT molecular complexity index is 310. The van der Waals surface area contributed by atoms with Crippen molar-refractivity contribution in [2.24, 2.45) is 0 Å². The average molecular weight is 179 g/mol. The van der Waals surface area contributed by atoms with Crippen LogP contribution in [0.15, 0.2) is 18.3 Å². The molecule has 0 aliphatic heterocycles. The number of aromatic nitrogens is 1. The van der Waals surface area contributed by atoms with Crippen molar-refractivity contribution in [1.82, 2.24) is 4.98 Å². The summed E-state index contributed by atoms with van der Waals surface area (Å²) in [6.07, 6.45) is 2.21. The zero-order chi connectivity index (χ0) is 9.84. The Morgan fingerprint density at radius 1 is 1.69 bits per heavy atom. The molecule has 0 aliphatic carbocycles. The summed E-state index contributed by atoms with van der Waals surface area (Å²) in [4.78, 5) is 14.9. The maximum absolute atomic E-state index is 10.8. The van der Waals surface area contributed by atoms with Crippen LogP contribution >= 0.6 is 0 Å². The van der Waals surface area contributed by atoms with E-state index in [0.717, 1.165) is 5.56 Å². The summed E-state index contributed by atoms with van der Waals surface area (Å²) in [6.45, 7) is 3.74. The van der Waals surface area contributed by atoms with E-state index in [4.69, 9.17) is 5.11 Å². The fraction of sp³-hybridized carbons (Fsp3) is 0.400. The molecule has 1 aromatic heterocycles. The molecule has 0 amide bonds. The molecule has 0 spiro atoms. The van der Waals surface area contributed by atoms with Gasteiger partial charge in [-0.05, 0) is 25.0 Å². The average Bonchev–Trinajstić information content (AvgIpc) is 2.09. The van der Waals surface area contributed by atoms with Crippen LogP contribution in [0.4, 0.5) is 0 Å². The molecule has 3 nitrogen and oxygen atoms in total. The number of hydrogen-bond donors (Lipinski definition) is 1. The molecule has 0 saturated heterocycles. The van der Waals surface area contributed by atoms with Gasteiger partial charge in [0.1, 0.15) is 0 Å². The molecule has 0 aliphatic rings. The van der Waals surface area contributed by atoms with Gasteiger partial charge in [0, 0.05) is 6.20 Å². The summed E-state index contributed by atoms with van der Waals surface area (Å²) < 4.78 is 0. The Labute approximate surface area is 77.4 Å². The Balaban J connectivity index is 3.04. The number of rotatable bonds is 3. The van der Waals surface area contributed by atoms with Gasteiger partial charge in [-0.3, -0.25) is 9.78 Å². The van der Waals surface area contributed by atoms with E-state index in [1.165, 1.54) is 0 Å². The summed E-state index contributed by atoms with van der Waals surface area (Å²) in [5, 5.41) is 8.91. The van der Waals surface area contributed by atoms with Crippen molar-refractivity contribution >= 4 is 5.97 Å². The lowest BCUT2D eigenvalue weighted by molar-refractivity contribution is -0.139. The number of pyridine rings is 1. The van der Waals surface area contributed by atoms with Crippen LogP contribution in [0.1, 0.15) is 30.5 Å². The van der Waals surface area contributed by atoms with Crippen molar-refractivity contribution in [3.63, 3.8) is 0 Å². The highest BCUT2D eigenvalue weighted by Gasteiger charge is 2.20. The molecule has 1 heterocycles. The molecule has 13 heavy (non-hydrogen) atoms. The van der Waals surface area contributed by atoms with E-state index in [1.54, 1.807) is 6.20 Å². The first kappa shape index (κ1) is 9.71. The largest absolute Gasteiger partial charge is 0.481 e. The highest BCUT2D eigenvalue weighted by atomic mass is 16.4. The van der Waals surface area contributed by atoms with E-state index < -0.39 is 11.9 Å². The SMILES string of the molecule is CCC(C(=O)O)c1ncccc1C. The minimum atomic E-state index is -0.802. The van der Waals surface area contributed by atoms with Crippen LogP contribution in [0.2, 0.25) is 0 Å². The van der Waals surface area contributed by atoms with E-state index in [9.17, 15) is 4.79 Å². The van der Waals surface area contributed by atoms with Gasteiger partial charge in [-0.1, -0.05) is 13.0 Å². The zero-order valence-electron chi connectivity index (χ0n) is 7.82. The van der Waals surface area contributed by atoms with Crippen LogP contribution < -0.4 is 0 Å². The van der Waals surface area contributed by atoms with Crippen molar-refractivity contribution < 1.29 is 9.90 Å². The van der Waals surface area contributed by atoms with Crippen LogP contribution in [0.5, 0.6) is 0 Å². The summed E-state index contributed by atoms with van der Waals surface area (Å²) in [6, 6.07) is 3.70. The fourth-order valence-corrected chi connectivity index (χ4v) is 1.35. The Morgan fingerprint density at radius 2 is 2.38 bits per heavy atom. The van der Waals surface area contributed by atoms with Gasteiger partial charge in [-0.25, -0.2) is 0 Å². The molecular weight excluding hydrogens is 166 g/mol. The maximum Gasteiger partial charge on any atom is 0.312 e. The van der Waals surface area contributed by atoms with E-state index in [-0.39, 0.29) is 0 Å². The van der Waals surface area contributed by atoms with Crippen molar-refractivity contribution in [3.8, 4) is 0 Å². The van der Waals surface area contributed by atoms with E-state index in [2.05, 4.69) is 4.98 Å². The molecule has 3 heteroatoms. The van der Waals surface area contributed by atoms with Gasteiger partial charge in [0.2, 0.25) is 0 Å². The van der Waals surface area contributed by atoms with Crippen LogP contribution in [-0.4, -0.2) is 16.1 Å². The lowest BCUT2D eigenvalue weighted by Gasteiger charge is -2.10. The van der Waals surface area contributed by atoms with Crippen LogP contribution in [0, 0.1) is 6.92 Å². The standard InChI is InChI=1S/C10H13NO2/c1-3-8(10(12)13)9-7(2)5-4-6-11-9/h4-6,8H,3H2,1-2H3,(H,12,13). The molecule has 0 bridgehead atoms. The topological polar surface area (TPSA) is 50.2 Å². The quantitative estimate of drug-likeness (QED) is 0.771. The number of aliphatic carboxylic acids is 1. The highest BCUT2D eigenvalue weighted by Crippen LogP contribution is 2.20. The molecule has 1 unspecified atom stereocenters. The summed E-state index contributed by atoms with van der Waals surface area (Å²) in [5.74, 6) is -1.27. The third-order valence-corrected chi connectivity index (χ3v) is 2.09. The molecule has 0 fully saturated rings. The minimum absolute atomic E-state index is 0.471. The molecular formula is C10H13NO2. The number of nitrogens with zero attached hydrogens (tertiary/aromatic N) is 1. The summed E-state index contributed by atoms with van der Waals surface area (Å²) >= 11 is 0. The lowest BCUT2D eigenvalue weighted by Crippen LogP contribution is -2.13. The molecule has 1 rings (SSSR count). The van der Waals surface area contributed by atoms with Gasteiger partial charge in [-0.2, -0.15) is 0 Å². The van der Waals surface area contributed by atoms with Gasteiger partial charge < -0.3 is 5.11 Å². The Kier molecular flexibility index (Phi) is 3.01. The number of carboxylic acid groups (broad SMARTS) is 1. The first-order chi connectivity index (χ1) is 6.16. The first-order valence-electron chi connectivity index (χ1n) is 4.31. The molecule has 70 valence electrons. The monoisotopic (exact) mass is 179 g/mol. The van der Waals surface area contributed by atoms with Gasteiger partial charge in [0.15, 0.2) is 0 Å². The predicted octanol–water partition coefficient (Wildman–Crippen LogP) is 1.97. The minimum Gasteiger partial charge on any atom is -0.481 e. The van der Waals surface area contributed by atoms with Gasteiger partial charge in [0.25, 0.3) is 0 Å². The summed E-state index contributed by atoms with van der Waals surface area (Å²) in [7, 11) is 0. The fourth-order valence-electron chi connectivity index (χ4n) is 1.35. The van der Waals surface area contributed by atoms with Crippen molar-refractivity contribution in [1.29, 1.82) is 0 Å². The molecule has 1 atom stereocenters. The van der Waals surface area contributed by atoms with E-state index >= 15 is 0 Å². The van der Waals surface area contributed by atoms with Gasteiger partial charge in [-0.15, -0.1) is 0 Å². The van der Waals surface area contributed by atoms with Crippen LogP contribution in [0.25, 0.3) is 0 Å². The molecule has 0 saturated carbocycles. The Morgan fingerprint density at radius 3 is 2.85 bits per heavy atom.